The van der Waals surface area contributed by atoms with Crippen LogP contribution < -0.4 is 0 Å². The molecule has 88 valence electrons. The zero-order valence-electron chi connectivity index (χ0n) is 11.0. The van der Waals surface area contributed by atoms with Gasteiger partial charge in [0.1, 0.15) is 0 Å². The van der Waals surface area contributed by atoms with Gasteiger partial charge in [0, 0.05) is 0 Å². The summed E-state index contributed by atoms with van der Waals surface area (Å²) in [6.45, 7) is 19.2. The molecule has 15 heavy (non-hydrogen) atoms. The van der Waals surface area contributed by atoms with Gasteiger partial charge in [0.2, 0.25) is 0 Å². The molecule has 0 aromatic heterocycles. The van der Waals surface area contributed by atoms with E-state index < -0.39 is 0 Å². The first-order chi connectivity index (χ1) is 6.77. The molecule has 0 saturated carbocycles. The van der Waals surface area contributed by atoms with Crippen LogP contribution in [0.25, 0.3) is 0 Å². The van der Waals surface area contributed by atoms with E-state index in [0.29, 0.717) is 11.3 Å². The normalized spacial score (nSPS) is 11.9. The van der Waals surface area contributed by atoms with Crippen LogP contribution in [0.3, 0.4) is 0 Å². The topological polar surface area (TPSA) is 0 Å². The summed E-state index contributed by atoms with van der Waals surface area (Å²) < 4.78 is 0. The third kappa shape index (κ3) is 6.09. The first kappa shape index (κ1) is 14.8. The SMILES string of the molecule is C=C(SCCCC(C)(C)C(=C)C)C(C)C. The lowest BCUT2D eigenvalue weighted by Gasteiger charge is -2.25. The van der Waals surface area contributed by atoms with E-state index >= 15 is 0 Å². The highest BCUT2D eigenvalue weighted by Gasteiger charge is 2.17. The quantitative estimate of drug-likeness (QED) is 0.421. The second kappa shape index (κ2) is 6.42. The van der Waals surface area contributed by atoms with Gasteiger partial charge in [0.15, 0.2) is 0 Å². The van der Waals surface area contributed by atoms with E-state index in [1.807, 2.05) is 11.8 Å². The molecule has 0 aliphatic carbocycles. The maximum atomic E-state index is 4.07. The van der Waals surface area contributed by atoms with Gasteiger partial charge in [0.25, 0.3) is 0 Å². The zero-order chi connectivity index (χ0) is 12.1. The Morgan fingerprint density at radius 3 is 2.20 bits per heavy atom. The number of thioether (sulfide) groups is 1. The summed E-state index contributed by atoms with van der Waals surface area (Å²) in [4.78, 5) is 1.31. The number of hydrogen-bond donors (Lipinski definition) is 0. The Kier molecular flexibility index (Phi) is 6.35. The van der Waals surface area contributed by atoms with E-state index in [2.05, 4.69) is 47.8 Å². The lowest BCUT2D eigenvalue weighted by atomic mass is 9.82. The molecule has 0 spiro atoms. The largest absolute Gasteiger partial charge is 0.131 e. The van der Waals surface area contributed by atoms with Gasteiger partial charge >= 0.3 is 0 Å². The highest BCUT2D eigenvalue weighted by molar-refractivity contribution is 8.03. The van der Waals surface area contributed by atoms with E-state index in [-0.39, 0.29) is 0 Å². The summed E-state index contributed by atoms with van der Waals surface area (Å²) in [6, 6.07) is 0. The molecule has 0 atom stereocenters. The average Bonchev–Trinajstić information content (AvgIpc) is 2.11. The van der Waals surface area contributed by atoms with Crippen LogP contribution in [0, 0.1) is 11.3 Å². The summed E-state index contributed by atoms with van der Waals surface area (Å²) in [5.41, 5.74) is 1.58. The van der Waals surface area contributed by atoms with E-state index in [4.69, 9.17) is 0 Å². The third-order valence-corrected chi connectivity index (χ3v) is 4.37. The predicted octanol–water partition coefficient (Wildman–Crippen LogP) is 5.27. The number of hydrogen-bond acceptors (Lipinski definition) is 1. The van der Waals surface area contributed by atoms with Crippen molar-refractivity contribution in [1.82, 2.24) is 0 Å². The van der Waals surface area contributed by atoms with Crippen molar-refractivity contribution in [3.05, 3.63) is 23.6 Å². The standard InChI is InChI=1S/C14H26S/c1-11(2)13(5)15-10-8-9-14(6,7)12(3)4/h11H,3,5,8-10H2,1-2,4,6-7H3. The lowest BCUT2D eigenvalue weighted by Crippen LogP contribution is -2.12. The van der Waals surface area contributed by atoms with Crippen molar-refractivity contribution >= 4 is 11.8 Å². The molecule has 0 fully saturated rings. The first-order valence-corrected chi connectivity index (χ1v) is 6.73. The molecule has 0 rings (SSSR count). The van der Waals surface area contributed by atoms with Crippen LogP contribution in [0.1, 0.15) is 47.5 Å². The summed E-state index contributed by atoms with van der Waals surface area (Å²) >= 11 is 1.91. The summed E-state index contributed by atoms with van der Waals surface area (Å²) in [5.74, 6) is 1.79. The van der Waals surface area contributed by atoms with Crippen LogP contribution in [0.5, 0.6) is 0 Å². The molecule has 0 radical (unpaired) electrons. The fourth-order valence-corrected chi connectivity index (χ4v) is 1.98. The Hall–Kier alpha value is -0.170. The molecule has 0 unspecified atom stereocenters. The van der Waals surface area contributed by atoms with Crippen molar-refractivity contribution in [3.8, 4) is 0 Å². The van der Waals surface area contributed by atoms with Gasteiger partial charge in [-0.2, -0.15) is 0 Å². The molecular weight excluding hydrogens is 200 g/mol. The lowest BCUT2D eigenvalue weighted by molar-refractivity contribution is 0.406. The van der Waals surface area contributed by atoms with E-state index in [1.54, 1.807) is 0 Å². The van der Waals surface area contributed by atoms with Crippen molar-refractivity contribution in [3.63, 3.8) is 0 Å². The van der Waals surface area contributed by atoms with Crippen LogP contribution in [0.2, 0.25) is 0 Å². The van der Waals surface area contributed by atoms with Gasteiger partial charge in [-0.25, -0.2) is 0 Å². The molecule has 0 amide bonds. The fraction of sp³-hybridized carbons (Fsp3) is 0.714. The van der Waals surface area contributed by atoms with Crippen molar-refractivity contribution in [2.24, 2.45) is 11.3 Å². The Labute approximate surface area is 100 Å². The molecule has 0 saturated heterocycles. The minimum atomic E-state index is 0.291. The van der Waals surface area contributed by atoms with E-state index in [9.17, 15) is 0 Å². The highest BCUT2D eigenvalue weighted by Crippen LogP contribution is 2.31. The minimum absolute atomic E-state index is 0.291. The second-order valence-corrected chi connectivity index (χ2v) is 6.46. The van der Waals surface area contributed by atoms with Gasteiger partial charge in [0.05, 0.1) is 0 Å². The van der Waals surface area contributed by atoms with Crippen LogP contribution in [-0.4, -0.2) is 5.75 Å². The zero-order valence-corrected chi connectivity index (χ0v) is 11.8. The molecule has 0 aliphatic rings. The monoisotopic (exact) mass is 226 g/mol. The number of rotatable bonds is 7. The summed E-state index contributed by atoms with van der Waals surface area (Å²) in [7, 11) is 0. The Morgan fingerprint density at radius 2 is 1.80 bits per heavy atom. The molecule has 0 N–H and O–H groups in total. The van der Waals surface area contributed by atoms with Gasteiger partial charge in [-0.1, -0.05) is 46.4 Å². The number of allylic oxidation sites excluding steroid dienone is 2. The molecule has 0 aromatic carbocycles. The Morgan fingerprint density at radius 1 is 1.27 bits per heavy atom. The van der Waals surface area contributed by atoms with Crippen LogP contribution in [0.15, 0.2) is 23.6 Å². The van der Waals surface area contributed by atoms with Gasteiger partial charge in [-0.05, 0) is 41.8 Å². The van der Waals surface area contributed by atoms with Gasteiger partial charge < -0.3 is 0 Å². The van der Waals surface area contributed by atoms with Gasteiger partial charge in [-0.15, -0.1) is 11.8 Å². The Balaban J connectivity index is 3.72. The molecule has 0 nitrogen and oxygen atoms in total. The first-order valence-electron chi connectivity index (χ1n) is 5.75. The van der Waals surface area contributed by atoms with E-state index in [1.165, 1.54) is 29.1 Å². The smallest absolute Gasteiger partial charge is 0.00230 e. The summed E-state index contributed by atoms with van der Waals surface area (Å²) in [5, 5.41) is 0. The maximum Gasteiger partial charge on any atom is -0.00230 e. The molecule has 1 heteroatoms. The molecule has 0 aliphatic heterocycles. The molecule has 0 aromatic rings. The van der Waals surface area contributed by atoms with Gasteiger partial charge in [-0.3, -0.25) is 0 Å². The van der Waals surface area contributed by atoms with Crippen LogP contribution >= 0.6 is 11.8 Å². The Bertz CT molecular complexity index is 223. The maximum absolute atomic E-state index is 4.07. The second-order valence-electron chi connectivity index (χ2n) is 5.24. The van der Waals surface area contributed by atoms with Crippen molar-refractivity contribution in [2.75, 3.05) is 5.75 Å². The third-order valence-electron chi connectivity index (χ3n) is 3.03. The van der Waals surface area contributed by atoms with Crippen molar-refractivity contribution < 1.29 is 0 Å². The van der Waals surface area contributed by atoms with E-state index in [0.717, 1.165) is 0 Å². The van der Waals surface area contributed by atoms with Crippen LogP contribution in [0.4, 0.5) is 0 Å². The van der Waals surface area contributed by atoms with Crippen LogP contribution in [-0.2, 0) is 0 Å². The predicted molar refractivity (Wildman–Crippen MR) is 74.3 cm³/mol. The fourth-order valence-electron chi connectivity index (χ4n) is 1.10. The molecule has 0 bridgehead atoms. The molecule has 0 heterocycles. The van der Waals surface area contributed by atoms with Crippen molar-refractivity contribution in [2.45, 2.75) is 47.5 Å². The average molecular weight is 226 g/mol. The molecular formula is C14H26S. The minimum Gasteiger partial charge on any atom is -0.131 e. The summed E-state index contributed by atoms with van der Waals surface area (Å²) in [6.07, 6.45) is 2.47. The highest BCUT2D eigenvalue weighted by atomic mass is 32.2. The van der Waals surface area contributed by atoms with Crippen molar-refractivity contribution in [1.29, 1.82) is 0 Å².